The molecule has 192 valence electrons. The number of benzene rings is 3. The smallest absolute Gasteiger partial charge is 0.264 e. The average molecular weight is 529 g/mol. The highest BCUT2D eigenvalue weighted by atomic mass is 35.5. The number of rotatable bonds is 9. The van der Waals surface area contributed by atoms with Gasteiger partial charge >= 0.3 is 0 Å². The van der Waals surface area contributed by atoms with Crippen molar-refractivity contribution in [2.75, 3.05) is 18.0 Å². The summed E-state index contributed by atoms with van der Waals surface area (Å²) in [6.45, 7) is 9.41. The Kier molecular flexibility index (Phi) is 8.69. The van der Waals surface area contributed by atoms with Gasteiger partial charge < -0.3 is 10.1 Å². The van der Waals surface area contributed by atoms with Gasteiger partial charge in [-0.1, -0.05) is 43.6 Å². The maximum Gasteiger partial charge on any atom is 0.264 e. The molecule has 0 aliphatic rings. The molecule has 6 nitrogen and oxygen atoms in total. The van der Waals surface area contributed by atoms with Crippen LogP contribution in [0.2, 0.25) is 5.02 Å². The summed E-state index contributed by atoms with van der Waals surface area (Å²) >= 11 is 6.11. The van der Waals surface area contributed by atoms with Gasteiger partial charge in [-0.15, -0.1) is 0 Å². The fraction of sp³-hybridized carbons (Fsp3) is 0.321. The van der Waals surface area contributed by atoms with Gasteiger partial charge in [0.25, 0.3) is 10.0 Å². The second-order valence-corrected chi connectivity index (χ2v) is 11.4. The number of ether oxygens (including phenoxy) is 1. The minimum Gasteiger partial charge on any atom is -0.496 e. The van der Waals surface area contributed by atoms with Crippen LogP contribution in [-0.2, 0) is 14.8 Å². The van der Waals surface area contributed by atoms with Gasteiger partial charge in [-0.25, -0.2) is 8.42 Å². The molecule has 0 aromatic heterocycles. The SMILES string of the molecule is COc1cc(C)c([C@@H](C)NC(=O)CN(c2ccc(Cl)cc2C)S(=O)(=O)c2ccccc2)cc1C(C)C. The Bertz CT molecular complexity index is 1340. The van der Waals surface area contributed by atoms with Crippen molar-refractivity contribution < 1.29 is 17.9 Å². The second-order valence-electron chi connectivity index (χ2n) is 9.15. The molecule has 8 heteroatoms. The summed E-state index contributed by atoms with van der Waals surface area (Å²) < 4.78 is 33.9. The van der Waals surface area contributed by atoms with Crippen molar-refractivity contribution in [3.63, 3.8) is 0 Å². The fourth-order valence-electron chi connectivity index (χ4n) is 4.22. The Hall–Kier alpha value is -3.03. The maximum absolute atomic E-state index is 13.6. The average Bonchev–Trinajstić information content (AvgIpc) is 2.82. The number of methoxy groups -OCH3 is 1. The molecular formula is C28H33ClN2O4S. The molecule has 0 bridgehead atoms. The first kappa shape index (κ1) is 27.6. The van der Waals surface area contributed by atoms with Gasteiger partial charge in [0.1, 0.15) is 12.3 Å². The number of nitrogens with one attached hydrogen (secondary N) is 1. The topological polar surface area (TPSA) is 75.7 Å². The number of hydrogen-bond acceptors (Lipinski definition) is 4. The van der Waals surface area contributed by atoms with Crippen LogP contribution in [0.15, 0.2) is 65.6 Å². The van der Waals surface area contributed by atoms with Crippen LogP contribution in [0.25, 0.3) is 0 Å². The molecule has 0 aliphatic heterocycles. The summed E-state index contributed by atoms with van der Waals surface area (Å²) in [6, 6.07) is 16.7. The van der Waals surface area contributed by atoms with Crippen molar-refractivity contribution in [1.29, 1.82) is 0 Å². The van der Waals surface area contributed by atoms with Crippen molar-refractivity contribution in [3.8, 4) is 5.75 Å². The number of carbonyl (C=O) groups is 1. The molecular weight excluding hydrogens is 496 g/mol. The van der Waals surface area contributed by atoms with Gasteiger partial charge in [0, 0.05) is 5.02 Å². The number of sulfonamides is 1. The minimum atomic E-state index is -4.01. The summed E-state index contributed by atoms with van der Waals surface area (Å²) in [5.41, 5.74) is 4.02. The van der Waals surface area contributed by atoms with Gasteiger partial charge in [-0.2, -0.15) is 0 Å². The molecule has 0 saturated carbocycles. The molecule has 36 heavy (non-hydrogen) atoms. The first-order valence-electron chi connectivity index (χ1n) is 11.8. The fourth-order valence-corrected chi connectivity index (χ4v) is 5.96. The third-order valence-electron chi connectivity index (χ3n) is 6.13. The van der Waals surface area contributed by atoms with E-state index >= 15 is 0 Å². The molecule has 0 unspecified atom stereocenters. The van der Waals surface area contributed by atoms with Crippen molar-refractivity contribution in [3.05, 3.63) is 87.9 Å². The third kappa shape index (κ3) is 6.02. The van der Waals surface area contributed by atoms with E-state index in [0.717, 1.165) is 26.7 Å². The highest BCUT2D eigenvalue weighted by molar-refractivity contribution is 7.92. The van der Waals surface area contributed by atoms with Gasteiger partial charge in [0.05, 0.1) is 23.7 Å². The van der Waals surface area contributed by atoms with E-state index in [0.29, 0.717) is 16.3 Å². The molecule has 1 amide bonds. The zero-order valence-corrected chi connectivity index (χ0v) is 23.1. The normalized spacial score (nSPS) is 12.3. The zero-order chi connectivity index (χ0) is 26.6. The zero-order valence-electron chi connectivity index (χ0n) is 21.5. The lowest BCUT2D eigenvalue weighted by Crippen LogP contribution is -2.42. The van der Waals surface area contributed by atoms with Crippen LogP contribution in [0, 0.1) is 13.8 Å². The molecule has 0 saturated heterocycles. The molecule has 1 atom stereocenters. The van der Waals surface area contributed by atoms with Gasteiger partial charge in [0.15, 0.2) is 0 Å². The molecule has 0 spiro atoms. The lowest BCUT2D eigenvalue weighted by Gasteiger charge is -2.27. The Morgan fingerprint density at radius 2 is 1.64 bits per heavy atom. The summed E-state index contributed by atoms with van der Waals surface area (Å²) in [7, 11) is -2.36. The van der Waals surface area contributed by atoms with Crippen molar-refractivity contribution >= 4 is 33.2 Å². The summed E-state index contributed by atoms with van der Waals surface area (Å²) in [4.78, 5) is 13.4. The highest BCUT2D eigenvalue weighted by Gasteiger charge is 2.29. The predicted octanol–water partition coefficient (Wildman–Crippen LogP) is 6.16. The maximum atomic E-state index is 13.6. The molecule has 0 aliphatic carbocycles. The summed E-state index contributed by atoms with van der Waals surface area (Å²) in [5.74, 6) is 0.627. The Morgan fingerprint density at radius 1 is 0.972 bits per heavy atom. The molecule has 3 aromatic rings. The summed E-state index contributed by atoms with van der Waals surface area (Å²) in [6.07, 6.45) is 0. The number of carbonyl (C=O) groups excluding carboxylic acids is 1. The van der Waals surface area contributed by atoms with Crippen LogP contribution in [0.5, 0.6) is 5.75 Å². The van der Waals surface area contributed by atoms with E-state index in [-0.39, 0.29) is 23.4 Å². The largest absolute Gasteiger partial charge is 0.496 e. The standard InChI is InChI=1S/C28H33ClN2O4S/c1-18(2)24-16-25(19(3)15-27(24)35-6)21(5)30-28(32)17-31(26-13-12-22(29)14-20(26)4)36(33,34)23-10-8-7-9-11-23/h7-16,18,21H,17H2,1-6H3,(H,30,32)/t21-/m1/s1. The van der Waals surface area contributed by atoms with E-state index in [1.54, 1.807) is 50.4 Å². The molecule has 0 heterocycles. The van der Waals surface area contributed by atoms with E-state index < -0.39 is 15.9 Å². The number of halogens is 1. The second kappa shape index (κ2) is 11.4. The molecule has 0 radical (unpaired) electrons. The van der Waals surface area contributed by atoms with Crippen molar-refractivity contribution in [2.45, 2.75) is 51.5 Å². The number of anilines is 1. The number of aryl methyl sites for hydroxylation is 2. The summed E-state index contributed by atoms with van der Waals surface area (Å²) in [5, 5.41) is 3.47. The first-order valence-corrected chi connectivity index (χ1v) is 13.6. The molecule has 1 N–H and O–H groups in total. The van der Waals surface area contributed by atoms with Gasteiger partial charge in [0.2, 0.25) is 5.91 Å². The van der Waals surface area contributed by atoms with Crippen LogP contribution in [0.3, 0.4) is 0 Å². The Labute approximate surface area is 219 Å². The highest BCUT2D eigenvalue weighted by Crippen LogP contribution is 2.32. The third-order valence-corrected chi connectivity index (χ3v) is 8.14. The minimum absolute atomic E-state index is 0.104. The monoisotopic (exact) mass is 528 g/mol. The van der Waals surface area contributed by atoms with Gasteiger partial charge in [-0.3, -0.25) is 9.10 Å². The van der Waals surface area contributed by atoms with Gasteiger partial charge in [-0.05, 0) is 91.4 Å². The van der Waals surface area contributed by atoms with Crippen molar-refractivity contribution in [1.82, 2.24) is 5.32 Å². The van der Waals surface area contributed by atoms with Crippen LogP contribution < -0.4 is 14.4 Å². The predicted molar refractivity (Wildman–Crippen MR) is 146 cm³/mol. The van der Waals surface area contributed by atoms with E-state index in [1.165, 1.54) is 12.1 Å². The van der Waals surface area contributed by atoms with E-state index in [9.17, 15) is 13.2 Å². The number of hydrogen-bond donors (Lipinski definition) is 1. The number of amides is 1. The van der Waals surface area contributed by atoms with Crippen LogP contribution in [-0.4, -0.2) is 28.0 Å². The molecule has 3 rings (SSSR count). The Morgan fingerprint density at radius 3 is 2.22 bits per heavy atom. The van der Waals surface area contributed by atoms with Crippen LogP contribution in [0.4, 0.5) is 5.69 Å². The quantitative estimate of drug-likeness (QED) is 0.361. The van der Waals surface area contributed by atoms with Crippen LogP contribution >= 0.6 is 11.6 Å². The van der Waals surface area contributed by atoms with Crippen LogP contribution in [0.1, 0.15) is 55.0 Å². The molecule has 0 fully saturated rings. The molecule has 3 aromatic carbocycles. The number of nitrogens with zero attached hydrogens (tertiary/aromatic N) is 1. The van der Waals surface area contributed by atoms with E-state index in [1.807, 2.05) is 26.0 Å². The lowest BCUT2D eigenvalue weighted by atomic mass is 9.93. The first-order chi connectivity index (χ1) is 16.9. The lowest BCUT2D eigenvalue weighted by molar-refractivity contribution is -0.120. The van der Waals surface area contributed by atoms with E-state index in [4.69, 9.17) is 16.3 Å². The van der Waals surface area contributed by atoms with E-state index in [2.05, 4.69) is 19.2 Å². The van der Waals surface area contributed by atoms with Crippen molar-refractivity contribution in [2.24, 2.45) is 0 Å². The Balaban J connectivity index is 1.94.